The van der Waals surface area contributed by atoms with Crippen molar-refractivity contribution in [1.82, 2.24) is 19.5 Å². The van der Waals surface area contributed by atoms with E-state index in [0.29, 0.717) is 17.0 Å². The normalized spacial score (nSPS) is 25.2. The topological polar surface area (TPSA) is 125 Å². The Hall–Kier alpha value is -1.97. The average Bonchev–Trinajstić information content (AvgIpc) is 2.98. The number of hydrogen-bond acceptors (Lipinski definition) is 7. The number of hydrogen-bond donors (Lipinski definition) is 4. The summed E-state index contributed by atoms with van der Waals surface area (Å²) >= 11 is 0. The lowest BCUT2D eigenvalue weighted by Gasteiger charge is -2.13. The smallest absolute Gasteiger partial charge is 0.329 e. The molecule has 1 aliphatic heterocycles. The minimum atomic E-state index is -0.818. The van der Waals surface area contributed by atoms with E-state index in [1.165, 1.54) is 10.9 Å². The van der Waals surface area contributed by atoms with Gasteiger partial charge < -0.3 is 25.3 Å². The van der Waals surface area contributed by atoms with Crippen molar-refractivity contribution in [2.75, 3.05) is 11.9 Å². The standard InChI is InChI=1S/C13H19N5O4/c1-6(2)16-11-10-12(15-5-14-11)18(13(21)17-10)9-3-7(20)8(4-19)22-9/h5-9,19-20H,3-4H2,1-2H3,(H,17,21)(H,14,15,16)/t7?,8-,9-/m1/s1. The highest BCUT2D eigenvalue weighted by molar-refractivity contribution is 5.82. The molecule has 4 N–H and O–H groups in total. The third-order valence-corrected chi connectivity index (χ3v) is 3.60. The highest BCUT2D eigenvalue weighted by atomic mass is 16.5. The third-order valence-electron chi connectivity index (χ3n) is 3.60. The van der Waals surface area contributed by atoms with E-state index in [4.69, 9.17) is 9.84 Å². The number of imidazole rings is 1. The number of nitrogens with one attached hydrogen (secondary N) is 2. The summed E-state index contributed by atoms with van der Waals surface area (Å²) in [5.41, 5.74) is 0.503. The molecule has 3 rings (SSSR count). The monoisotopic (exact) mass is 309 g/mol. The first-order valence-electron chi connectivity index (χ1n) is 7.17. The minimum Gasteiger partial charge on any atom is -0.394 e. The Morgan fingerprint density at radius 2 is 2.32 bits per heavy atom. The number of aromatic amines is 1. The van der Waals surface area contributed by atoms with E-state index in [-0.39, 0.29) is 19.1 Å². The van der Waals surface area contributed by atoms with Crippen molar-refractivity contribution >= 4 is 17.0 Å². The van der Waals surface area contributed by atoms with Gasteiger partial charge in [-0.3, -0.25) is 0 Å². The van der Waals surface area contributed by atoms with Gasteiger partial charge in [-0.2, -0.15) is 0 Å². The van der Waals surface area contributed by atoms with E-state index < -0.39 is 24.1 Å². The maximum atomic E-state index is 12.3. The van der Waals surface area contributed by atoms with Crippen molar-refractivity contribution in [3.63, 3.8) is 0 Å². The van der Waals surface area contributed by atoms with Gasteiger partial charge in [-0.1, -0.05) is 0 Å². The molecule has 0 radical (unpaired) electrons. The Kier molecular flexibility index (Phi) is 3.85. The van der Waals surface area contributed by atoms with Crippen LogP contribution in [0.4, 0.5) is 5.82 Å². The maximum Gasteiger partial charge on any atom is 0.329 e. The predicted octanol–water partition coefficient (Wildman–Crippen LogP) is -0.419. The molecular weight excluding hydrogens is 290 g/mol. The van der Waals surface area contributed by atoms with Crippen LogP contribution in [0, 0.1) is 0 Å². The Morgan fingerprint density at radius 3 is 2.95 bits per heavy atom. The molecule has 3 heterocycles. The molecule has 0 aromatic carbocycles. The predicted molar refractivity (Wildman–Crippen MR) is 78.5 cm³/mol. The molecule has 0 bridgehead atoms. The second kappa shape index (κ2) is 5.67. The van der Waals surface area contributed by atoms with E-state index in [9.17, 15) is 9.90 Å². The summed E-state index contributed by atoms with van der Waals surface area (Å²) in [4.78, 5) is 23.3. The quantitative estimate of drug-likeness (QED) is 0.604. The lowest BCUT2D eigenvalue weighted by molar-refractivity contribution is -0.0441. The van der Waals surface area contributed by atoms with Crippen molar-refractivity contribution in [3.8, 4) is 0 Å². The van der Waals surface area contributed by atoms with Crippen molar-refractivity contribution in [1.29, 1.82) is 0 Å². The van der Waals surface area contributed by atoms with Gasteiger partial charge in [0.05, 0.1) is 12.7 Å². The number of fused-ring (bicyclic) bond motifs is 1. The largest absolute Gasteiger partial charge is 0.394 e. The second-order valence-corrected chi connectivity index (χ2v) is 5.63. The fraction of sp³-hybridized carbons (Fsp3) is 0.615. The Balaban J connectivity index is 2.04. The van der Waals surface area contributed by atoms with Crippen molar-refractivity contribution < 1.29 is 14.9 Å². The van der Waals surface area contributed by atoms with Gasteiger partial charge in [0.15, 0.2) is 11.5 Å². The molecule has 2 aromatic heterocycles. The molecule has 1 saturated heterocycles. The van der Waals surface area contributed by atoms with Crippen molar-refractivity contribution in [2.45, 2.75) is 44.7 Å². The number of H-pyrrole nitrogens is 1. The molecule has 2 aromatic rings. The van der Waals surface area contributed by atoms with Gasteiger partial charge in [-0.15, -0.1) is 0 Å². The van der Waals surface area contributed by atoms with Gasteiger partial charge in [0.25, 0.3) is 0 Å². The van der Waals surface area contributed by atoms with E-state index >= 15 is 0 Å². The Labute approximate surface area is 126 Å². The van der Waals surface area contributed by atoms with Crippen LogP contribution >= 0.6 is 0 Å². The zero-order valence-corrected chi connectivity index (χ0v) is 12.4. The summed E-state index contributed by atoms with van der Waals surface area (Å²) in [5, 5.41) is 22.1. The first-order chi connectivity index (χ1) is 10.5. The molecule has 0 saturated carbocycles. The molecule has 0 aliphatic carbocycles. The van der Waals surface area contributed by atoms with E-state index in [0.717, 1.165) is 0 Å². The second-order valence-electron chi connectivity index (χ2n) is 5.63. The summed E-state index contributed by atoms with van der Waals surface area (Å²) in [5.74, 6) is 0.535. The molecular formula is C13H19N5O4. The minimum absolute atomic E-state index is 0.147. The zero-order valence-electron chi connectivity index (χ0n) is 12.4. The summed E-state index contributed by atoms with van der Waals surface area (Å²) < 4.78 is 6.89. The summed E-state index contributed by atoms with van der Waals surface area (Å²) in [6.07, 6.45) is -0.602. The summed E-state index contributed by atoms with van der Waals surface area (Å²) in [7, 11) is 0. The first-order valence-corrected chi connectivity index (χ1v) is 7.17. The van der Waals surface area contributed by atoms with Crippen LogP contribution in [-0.2, 0) is 4.74 Å². The lowest BCUT2D eigenvalue weighted by atomic mass is 10.2. The number of aliphatic hydroxyl groups is 2. The van der Waals surface area contributed by atoms with Crippen LogP contribution in [0.3, 0.4) is 0 Å². The fourth-order valence-electron chi connectivity index (χ4n) is 2.62. The molecule has 22 heavy (non-hydrogen) atoms. The van der Waals surface area contributed by atoms with E-state index in [1.807, 2.05) is 13.8 Å². The van der Waals surface area contributed by atoms with Crippen LogP contribution in [0.2, 0.25) is 0 Å². The molecule has 0 spiro atoms. The lowest BCUT2D eigenvalue weighted by Crippen LogP contribution is -2.25. The first kappa shape index (κ1) is 14.9. The number of aliphatic hydroxyl groups excluding tert-OH is 2. The highest BCUT2D eigenvalue weighted by Crippen LogP contribution is 2.30. The van der Waals surface area contributed by atoms with E-state index in [2.05, 4.69) is 20.3 Å². The van der Waals surface area contributed by atoms with Crippen LogP contribution in [0.15, 0.2) is 11.1 Å². The van der Waals surface area contributed by atoms with Crippen molar-refractivity contribution in [3.05, 3.63) is 16.8 Å². The summed E-state index contributed by atoms with van der Waals surface area (Å²) in [6.45, 7) is 3.63. The highest BCUT2D eigenvalue weighted by Gasteiger charge is 2.36. The zero-order chi connectivity index (χ0) is 15.9. The van der Waals surface area contributed by atoms with Crippen LogP contribution in [0.25, 0.3) is 11.2 Å². The average molecular weight is 309 g/mol. The molecule has 9 nitrogen and oxygen atoms in total. The van der Waals surface area contributed by atoms with Gasteiger partial charge in [0.1, 0.15) is 24.2 Å². The number of rotatable bonds is 4. The molecule has 1 fully saturated rings. The van der Waals surface area contributed by atoms with Gasteiger partial charge in [0, 0.05) is 12.5 Å². The third kappa shape index (κ3) is 2.47. The Bertz CT molecular complexity index is 725. The van der Waals surface area contributed by atoms with E-state index in [1.54, 1.807) is 0 Å². The molecule has 3 atom stereocenters. The van der Waals surface area contributed by atoms with Gasteiger partial charge in [0.2, 0.25) is 0 Å². The fourth-order valence-corrected chi connectivity index (χ4v) is 2.62. The Morgan fingerprint density at radius 1 is 1.55 bits per heavy atom. The maximum absolute atomic E-state index is 12.3. The number of nitrogens with zero attached hydrogens (tertiary/aromatic N) is 3. The molecule has 9 heteroatoms. The van der Waals surface area contributed by atoms with Gasteiger partial charge in [-0.05, 0) is 13.8 Å². The molecule has 1 unspecified atom stereocenters. The molecule has 120 valence electrons. The van der Waals surface area contributed by atoms with Crippen molar-refractivity contribution in [2.24, 2.45) is 0 Å². The number of aromatic nitrogens is 4. The van der Waals surface area contributed by atoms with Crippen LogP contribution < -0.4 is 11.0 Å². The van der Waals surface area contributed by atoms with Gasteiger partial charge in [-0.25, -0.2) is 19.3 Å². The number of ether oxygens (including phenoxy) is 1. The van der Waals surface area contributed by atoms with Crippen LogP contribution in [-0.4, -0.2) is 54.6 Å². The summed E-state index contributed by atoms with van der Waals surface area (Å²) in [6, 6.07) is 0.147. The SMILES string of the molecule is CC(C)Nc1ncnc2c1[nH]c(=O)n2[C@H]1CC(O)[C@@H](CO)O1. The van der Waals surface area contributed by atoms with Crippen LogP contribution in [0.1, 0.15) is 26.5 Å². The van der Waals surface area contributed by atoms with Crippen LogP contribution in [0.5, 0.6) is 0 Å². The molecule has 1 aliphatic rings. The van der Waals surface area contributed by atoms with Gasteiger partial charge >= 0.3 is 5.69 Å². The molecule has 0 amide bonds. The number of anilines is 1.